The number of hydrogen-bond donors (Lipinski definition) is 2. The quantitative estimate of drug-likeness (QED) is 0.571. The molecule has 1 aromatic carbocycles. The number of nitro benzene ring substituents is 1. The van der Waals surface area contributed by atoms with E-state index in [1.807, 2.05) is 4.72 Å². The van der Waals surface area contributed by atoms with Crippen LogP contribution in [0.3, 0.4) is 0 Å². The lowest BCUT2D eigenvalue weighted by molar-refractivity contribution is -0.385. The third kappa shape index (κ3) is 3.42. The molecule has 20 heavy (non-hydrogen) atoms. The van der Waals surface area contributed by atoms with Gasteiger partial charge in [0.2, 0.25) is 10.0 Å². The molecular weight excluding hydrogens is 292 g/mol. The minimum Gasteiger partial charge on any atom is -0.495 e. The van der Waals surface area contributed by atoms with Crippen LogP contribution < -0.4 is 9.46 Å². The molecule has 1 atom stereocenters. The first-order valence-electron chi connectivity index (χ1n) is 5.26. The molecule has 1 rings (SSSR count). The predicted octanol–water partition coefficient (Wildman–Crippen LogP) is 0.355. The van der Waals surface area contributed by atoms with Crippen molar-refractivity contribution in [2.45, 2.75) is 17.9 Å². The van der Waals surface area contributed by atoms with E-state index in [0.717, 1.165) is 25.1 Å². The van der Waals surface area contributed by atoms with Crippen LogP contribution in [0.1, 0.15) is 6.92 Å². The van der Waals surface area contributed by atoms with Crippen molar-refractivity contribution in [2.75, 3.05) is 7.11 Å². The minimum absolute atomic E-state index is 0.124. The topological polar surface area (TPSA) is 136 Å². The van der Waals surface area contributed by atoms with Crippen molar-refractivity contribution in [3.8, 4) is 5.75 Å². The zero-order valence-corrected chi connectivity index (χ0v) is 11.4. The molecule has 0 unspecified atom stereocenters. The van der Waals surface area contributed by atoms with Crippen molar-refractivity contribution in [3.05, 3.63) is 28.3 Å². The SMILES string of the molecule is COc1ccc([N+](=O)[O-])cc1S(=O)(=O)N[C@H](C)C(=O)O. The third-order valence-electron chi connectivity index (χ3n) is 2.35. The number of sulfonamides is 1. The maximum atomic E-state index is 12.0. The van der Waals surface area contributed by atoms with E-state index in [4.69, 9.17) is 9.84 Å². The minimum atomic E-state index is -4.26. The number of non-ortho nitro benzene ring substituents is 1. The van der Waals surface area contributed by atoms with Crippen molar-refractivity contribution >= 4 is 21.7 Å². The van der Waals surface area contributed by atoms with Gasteiger partial charge in [0, 0.05) is 12.1 Å². The molecule has 2 N–H and O–H groups in total. The number of carboxylic acid groups (broad SMARTS) is 1. The van der Waals surface area contributed by atoms with E-state index in [1.165, 1.54) is 7.11 Å². The molecule has 0 spiro atoms. The van der Waals surface area contributed by atoms with Gasteiger partial charge in [-0.1, -0.05) is 0 Å². The lowest BCUT2D eigenvalue weighted by Gasteiger charge is -2.12. The second-order valence-electron chi connectivity index (χ2n) is 3.77. The highest BCUT2D eigenvalue weighted by atomic mass is 32.2. The van der Waals surface area contributed by atoms with Crippen LogP contribution in [0.15, 0.2) is 23.1 Å². The van der Waals surface area contributed by atoms with Crippen LogP contribution in [0.2, 0.25) is 0 Å². The molecule has 0 amide bonds. The highest BCUT2D eigenvalue weighted by molar-refractivity contribution is 7.89. The van der Waals surface area contributed by atoms with E-state index in [2.05, 4.69) is 0 Å². The van der Waals surface area contributed by atoms with Crippen molar-refractivity contribution < 1.29 is 28.0 Å². The van der Waals surface area contributed by atoms with Crippen LogP contribution in [0.4, 0.5) is 5.69 Å². The molecule has 0 aliphatic heterocycles. The van der Waals surface area contributed by atoms with Crippen LogP contribution in [0, 0.1) is 10.1 Å². The average Bonchev–Trinajstić information content (AvgIpc) is 2.37. The van der Waals surface area contributed by atoms with Crippen LogP contribution >= 0.6 is 0 Å². The molecule has 0 bridgehead atoms. The summed E-state index contributed by atoms with van der Waals surface area (Å²) in [7, 11) is -3.07. The lowest BCUT2D eigenvalue weighted by atomic mass is 10.3. The molecule has 0 heterocycles. The Hall–Kier alpha value is -2.20. The van der Waals surface area contributed by atoms with E-state index in [9.17, 15) is 23.3 Å². The normalized spacial score (nSPS) is 12.7. The summed E-state index contributed by atoms with van der Waals surface area (Å²) in [5.41, 5.74) is -0.450. The summed E-state index contributed by atoms with van der Waals surface area (Å²) >= 11 is 0. The number of nitro groups is 1. The van der Waals surface area contributed by atoms with Gasteiger partial charge in [0.25, 0.3) is 5.69 Å². The highest BCUT2D eigenvalue weighted by Gasteiger charge is 2.26. The number of carbonyl (C=O) groups is 1. The number of methoxy groups -OCH3 is 1. The number of aliphatic carboxylic acids is 1. The molecule has 0 aliphatic carbocycles. The van der Waals surface area contributed by atoms with Gasteiger partial charge in [0.05, 0.1) is 12.0 Å². The second-order valence-corrected chi connectivity index (χ2v) is 5.46. The van der Waals surface area contributed by atoms with E-state index >= 15 is 0 Å². The maximum Gasteiger partial charge on any atom is 0.321 e. The lowest BCUT2D eigenvalue weighted by Crippen LogP contribution is -2.38. The Morgan fingerprint density at radius 1 is 1.50 bits per heavy atom. The Morgan fingerprint density at radius 2 is 2.10 bits per heavy atom. The molecule has 9 nitrogen and oxygen atoms in total. The first-order valence-corrected chi connectivity index (χ1v) is 6.75. The summed E-state index contributed by atoms with van der Waals surface area (Å²) in [5.74, 6) is -1.50. The summed E-state index contributed by atoms with van der Waals surface area (Å²) in [5, 5.41) is 19.4. The number of nitrogens with one attached hydrogen (secondary N) is 1. The van der Waals surface area contributed by atoms with Crippen LogP contribution in [-0.4, -0.2) is 37.6 Å². The molecule has 0 aliphatic rings. The first kappa shape index (κ1) is 15.9. The van der Waals surface area contributed by atoms with Gasteiger partial charge in [0.15, 0.2) is 0 Å². The fourth-order valence-electron chi connectivity index (χ4n) is 1.34. The molecule has 10 heteroatoms. The summed E-state index contributed by atoms with van der Waals surface area (Å²) in [6.07, 6.45) is 0. The van der Waals surface area contributed by atoms with Gasteiger partial charge in [0.1, 0.15) is 16.7 Å². The Balaban J connectivity index is 3.31. The van der Waals surface area contributed by atoms with Crippen molar-refractivity contribution in [3.63, 3.8) is 0 Å². The Labute approximate surface area is 114 Å². The zero-order chi connectivity index (χ0) is 15.5. The third-order valence-corrected chi connectivity index (χ3v) is 3.91. The van der Waals surface area contributed by atoms with Gasteiger partial charge in [-0.15, -0.1) is 0 Å². The van der Waals surface area contributed by atoms with E-state index in [0.29, 0.717) is 0 Å². The Kier molecular flexibility index (Phi) is 4.63. The van der Waals surface area contributed by atoms with Gasteiger partial charge in [-0.3, -0.25) is 14.9 Å². The molecule has 0 fully saturated rings. The van der Waals surface area contributed by atoms with Gasteiger partial charge in [-0.2, -0.15) is 4.72 Å². The average molecular weight is 304 g/mol. The smallest absolute Gasteiger partial charge is 0.321 e. The number of carboxylic acids is 1. The van der Waals surface area contributed by atoms with E-state index in [-0.39, 0.29) is 5.75 Å². The zero-order valence-electron chi connectivity index (χ0n) is 10.6. The summed E-state index contributed by atoms with van der Waals surface area (Å²) in [4.78, 5) is 20.1. The molecule has 1 aromatic rings. The largest absolute Gasteiger partial charge is 0.495 e. The monoisotopic (exact) mass is 304 g/mol. The number of benzene rings is 1. The molecule has 0 aromatic heterocycles. The predicted molar refractivity (Wildman–Crippen MR) is 67.1 cm³/mol. The highest BCUT2D eigenvalue weighted by Crippen LogP contribution is 2.28. The number of rotatable bonds is 6. The van der Waals surface area contributed by atoms with Crippen LogP contribution in [0.5, 0.6) is 5.75 Å². The Bertz CT molecular complexity index is 641. The van der Waals surface area contributed by atoms with Gasteiger partial charge < -0.3 is 9.84 Å². The van der Waals surface area contributed by atoms with Gasteiger partial charge in [-0.25, -0.2) is 8.42 Å². The van der Waals surface area contributed by atoms with E-state index in [1.54, 1.807) is 0 Å². The fourth-order valence-corrected chi connectivity index (χ4v) is 2.72. The second kappa shape index (κ2) is 5.84. The van der Waals surface area contributed by atoms with Gasteiger partial charge in [-0.05, 0) is 13.0 Å². The van der Waals surface area contributed by atoms with Crippen molar-refractivity contribution in [1.29, 1.82) is 0 Å². The maximum absolute atomic E-state index is 12.0. The molecule has 0 saturated carbocycles. The Morgan fingerprint density at radius 3 is 2.55 bits per heavy atom. The number of ether oxygens (including phenoxy) is 1. The van der Waals surface area contributed by atoms with Crippen LogP contribution in [0.25, 0.3) is 0 Å². The van der Waals surface area contributed by atoms with Crippen LogP contribution in [-0.2, 0) is 14.8 Å². The molecule has 0 saturated heterocycles. The van der Waals surface area contributed by atoms with Crippen molar-refractivity contribution in [2.24, 2.45) is 0 Å². The fraction of sp³-hybridized carbons (Fsp3) is 0.300. The summed E-state index contributed by atoms with van der Waals surface area (Å²) in [6, 6.07) is 1.62. The molecular formula is C10H12N2O7S. The molecule has 110 valence electrons. The summed E-state index contributed by atoms with van der Waals surface area (Å²) in [6.45, 7) is 1.13. The summed E-state index contributed by atoms with van der Waals surface area (Å²) < 4.78 is 30.8. The number of hydrogen-bond acceptors (Lipinski definition) is 6. The first-order chi connectivity index (χ1) is 9.19. The number of nitrogens with zero attached hydrogens (tertiary/aromatic N) is 1. The van der Waals surface area contributed by atoms with Gasteiger partial charge >= 0.3 is 5.97 Å². The van der Waals surface area contributed by atoms with Crippen molar-refractivity contribution in [1.82, 2.24) is 4.72 Å². The van der Waals surface area contributed by atoms with E-state index < -0.39 is 37.5 Å². The standard InChI is InChI=1S/C10H12N2O7S/c1-6(10(13)14)11-20(17,18)9-5-7(12(15)16)3-4-8(9)19-2/h3-6,11H,1-2H3,(H,13,14)/t6-/m1/s1. The molecule has 0 radical (unpaired) electrons.